The van der Waals surface area contributed by atoms with Crippen molar-refractivity contribution in [2.75, 3.05) is 39.9 Å². The lowest BCUT2D eigenvalue weighted by atomic mass is 9.78. The SMILES string of the molecule is COCCN1CCC[C@]2(CCN(C(=O)c3ccc(C)s3)C2)C1=O. The lowest BCUT2D eigenvalue weighted by Gasteiger charge is -2.39. The summed E-state index contributed by atoms with van der Waals surface area (Å²) in [6, 6.07) is 3.86. The Morgan fingerprint density at radius 1 is 1.35 bits per heavy atom. The van der Waals surface area contributed by atoms with E-state index in [0.29, 0.717) is 26.2 Å². The fourth-order valence-electron chi connectivity index (χ4n) is 3.70. The fourth-order valence-corrected chi connectivity index (χ4v) is 4.53. The molecule has 2 saturated heterocycles. The van der Waals surface area contributed by atoms with E-state index in [-0.39, 0.29) is 17.2 Å². The number of amides is 2. The molecule has 3 rings (SSSR count). The number of likely N-dealkylation sites (tertiary alicyclic amines) is 2. The van der Waals surface area contributed by atoms with E-state index in [1.165, 1.54) is 11.3 Å². The average Bonchev–Trinajstić information content (AvgIpc) is 3.16. The van der Waals surface area contributed by atoms with Crippen molar-refractivity contribution in [1.29, 1.82) is 0 Å². The van der Waals surface area contributed by atoms with Crippen molar-refractivity contribution in [3.63, 3.8) is 0 Å². The van der Waals surface area contributed by atoms with Crippen molar-refractivity contribution in [3.05, 3.63) is 21.9 Å². The number of thiophene rings is 1. The molecule has 1 aromatic rings. The van der Waals surface area contributed by atoms with Crippen LogP contribution in [-0.4, -0.2) is 61.5 Å². The lowest BCUT2D eigenvalue weighted by Crippen LogP contribution is -2.51. The highest BCUT2D eigenvalue weighted by atomic mass is 32.1. The molecule has 2 fully saturated rings. The Morgan fingerprint density at radius 3 is 2.87 bits per heavy atom. The zero-order valence-corrected chi connectivity index (χ0v) is 14.7. The second-order valence-electron chi connectivity index (χ2n) is 6.56. The molecule has 6 heteroatoms. The molecule has 0 unspecified atom stereocenters. The molecule has 0 saturated carbocycles. The van der Waals surface area contributed by atoms with Crippen LogP contribution in [0.25, 0.3) is 0 Å². The van der Waals surface area contributed by atoms with Crippen LogP contribution < -0.4 is 0 Å². The second-order valence-corrected chi connectivity index (χ2v) is 7.84. The monoisotopic (exact) mass is 336 g/mol. The predicted molar refractivity (Wildman–Crippen MR) is 89.7 cm³/mol. The number of carbonyl (C=O) groups is 2. The number of hydrogen-bond donors (Lipinski definition) is 0. The van der Waals surface area contributed by atoms with Gasteiger partial charge in [0.25, 0.3) is 5.91 Å². The van der Waals surface area contributed by atoms with Gasteiger partial charge in [0.05, 0.1) is 16.9 Å². The van der Waals surface area contributed by atoms with E-state index in [1.807, 2.05) is 28.9 Å². The number of nitrogens with zero attached hydrogens (tertiary/aromatic N) is 2. The van der Waals surface area contributed by atoms with E-state index >= 15 is 0 Å². The Hall–Kier alpha value is -1.40. The first kappa shape index (κ1) is 16.5. The lowest BCUT2D eigenvalue weighted by molar-refractivity contribution is -0.146. The van der Waals surface area contributed by atoms with E-state index in [0.717, 1.165) is 35.6 Å². The van der Waals surface area contributed by atoms with Crippen molar-refractivity contribution in [2.24, 2.45) is 5.41 Å². The number of rotatable bonds is 4. The molecule has 1 spiro atoms. The molecule has 3 heterocycles. The third-order valence-corrected chi connectivity index (χ3v) is 5.97. The molecule has 5 nitrogen and oxygen atoms in total. The van der Waals surface area contributed by atoms with Gasteiger partial charge < -0.3 is 14.5 Å². The summed E-state index contributed by atoms with van der Waals surface area (Å²) in [7, 11) is 1.66. The molecular formula is C17H24N2O3S. The molecule has 126 valence electrons. The zero-order chi connectivity index (χ0) is 16.4. The maximum Gasteiger partial charge on any atom is 0.263 e. The Morgan fingerprint density at radius 2 is 2.17 bits per heavy atom. The van der Waals surface area contributed by atoms with Crippen molar-refractivity contribution in [1.82, 2.24) is 9.80 Å². The van der Waals surface area contributed by atoms with Gasteiger partial charge in [-0.15, -0.1) is 11.3 Å². The molecule has 1 atom stereocenters. The van der Waals surface area contributed by atoms with E-state index in [9.17, 15) is 9.59 Å². The van der Waals surface area contributed by atoms with Crippen LogP contribution in [0, 0.1) is 12.3 Å². The van der Waals surface area contributed by atoms with Gasteiger partial charge in [-0.3, -0.25) is 9.59 Å². The van der Waals surface area contributed by atoms with Gasteiger partial charge in [0.2, 0.25) is 5.91 Å². The van der Waals surface area contributed by atoms with Crippen LogP contribution in [0.3, 0.4) is 0 Å². The van der Waals surface area contributed by atoms with E-state index < -0.39 is 0 Å². The van der Waals surface area contributed by atoms with Gasteiger partial charge in [-0.1, -0.05) is 0 Å². The minimum atomic E-state index is -0.367. The summed E-state index contributed by atoms with van der Waals surface area (Å²) in [4.78, 5) is 31.2. The smallest absolute Gasteiger partial charge is 0.263 e. The zero-order valence-electron chi connectivity index (χ0n) is 13.8. The summed E-state index contributed by atoms with van der Waals surface area (Å²) in [5.41, 5.74) is -0.367. The van der Waals surface area contributed by atoms with E-state index in [4.69, 9.17) is 4.74 Å². The third-order valence-electron chi connectivity index (χ3n) is 4.98. The molecule has 0 N–H and O–H groups in total. The third kappa shape index (κ3) is 3.15. The summed E-state index contributed by atoms with van der Waals surface area (Å²) < 4.78 is 5.11. The average molecular weight is 336 g/mol. The molecular weight excluding hydrogens is 312 g/mol. The summed E-state index contributed by atoms with van der Waals surface area (Å²) >= 11 is 1.53. The van der Waals surface area contributed by atoms with Crippen molar-refractivity contribution in [3.8, 4) is 0 Å². The molecule has 1 aromatic heterocycles. The molecule has 2 aliphatic heterocycles. The van der Waals surface area contributed by atoms with Crippen LogP contribution in [0.5, 0.6) is 0 Å². The first-order chi connectivity index (χ1) is 11.1. The van der Waals surface area contributed by atoms with Gasteiger partial charge in [0.15, 0.2) is 0 Å². The van der Waals surface area contributed by atoms with E-state index in [1.54, 1.807) is 7.11 Å². The van der Waals surface area contributed by atoms with Crippen molar-refractivity contribution in [2.45, 2.75) is 26.2 Å². The number of ether oxygens (including phenoxy) is 1. The van der Waals surface area contributed by atoms with Crippen LogP contribution >= 0.6 is 11.3 Å². The van der Waals surface area contributed by atoms with Gasteiger partial charge in [0.1, 0.15) is 0 Å². The Kier molecular flexibility index (Phi) is 4.73. The minimum Gasteiger partial charge on any atom is -0.383 e. The Bertz CT molecular complexity index is 600. The molecule has 23 heavy (non-hydrogen) atoms. The van der Waals surface area contributed by atoms with Gasteiger partial charge in [-0.2, -0.15) is 0 Å². The van der Waals surface area contributed by atoms with Gasteiger partial charge in [0, 0.05) is 38.2 Å². The highest BCUT2D eigenvalue weighted by Crippen LogP contribution is 2.40. The predicted octanol–water partition coefficient (Wildman–Crippen LogP) is 2.16. The second kappa shape index (κ2) is 6.61. The summed E-state index contributed by atoms with van der Waals surface area (Å²) in [5, 5.41) is 0. The Labute approximate surface area is 141 Å². The first-order valence-corrected chi connectivity index (χ1v) is 9.01. The van der Waals surface area contributed by atoms with Crippen LogP contribution in [0.2, 0.25) is 0 Å². The number of piperidine rings is 1. The van der Waals surface area contributed by atoms with Crippen LogP contribution in [0.15, 0.2) is 12.1 Å². The molecule has 0 radical (unpaired) electrons. The minimum absolute atomic E-state index is 0.0711. The van der Waals surface area contributed by atoms with Crippen molar-refractivity contribution < 1.29 is 14.3 Å². The fraction of sp³-hybridized carbons (Fsp3) is 0.647. The summed E-state index contributed by atoms with van der Waals surface area (Å²) in [6.45, 7) is 5.27. The summed E-state index contributed by atoms with van der Waals surface area (Å²) in [6.07, 6.45) is 2.68. The maximum absolute atomic E-state index is 12.9. The molecule has 2 aliphatic rings. The molecule has 0 aromatic carbocycles. The number of carbonyl (C=O) groups excluding carboxylic acids is 2. The van der Waals surface area contributed by atoms with Crippen molar-refractivity contribution >= 4 is 23.2 Å². The molecule has 2 amide bonds. The summed E-state index contributed by atoms with van der Waals surface area (Å²) in [5.74, 6) is 0.278. The first-order valence-electron chi connectivity index (χ1n) is 8.20. The largest absolute Gasteiger partial charge is 0.383 e. The van der Waals surface area contributed by atoms with Gasteiger partial charge in [-0.05, 0) is 38.3 Å². The highest BCUT2D eigenvalue weighted by Gasteiger charge is 2.49. The number of aryl methyl sites for hydroxylation is 1. The van der Waals surface area contributed by atoms with Crippen LogP contribution in [0.4, 0.5) is 0 Å². The number of hydrogen-bond acceptors (Lipinski definition) is 4. The Balaban J connectivity index is 1.70. The maximum atomic E-state index is 12.9. The van der Waals surface area contributed by atoms with Gasteiger partial charge >= 0.3 is 0 Å². The quantitative estimate of drug-likeness (QED) is 0.847. The van der Waals surface area contributed by atoms with E-state index in [2.05, 4.69) is 0 Å². The molecule has 0 bridgehead atoms. The normalized spacial score (nSPS) is 24.7. The topological polar surface area (TPSA) is 49.9 Å². The highest BCUT2D eigenvalue weighted by molar-refractivity contribution is 7.13. The standard InChI is InChI=1S/C17H24N2O3S/c1-13-4-5-14(23-13)15(20)19-9-7-17(12-19)6-3-8-18(16(17)21)10-11-22-2/h4-5H,3,6-12H2,1-2H3/t17-/m1/s1. The molecule has 0 aliphatic carbocycles. The van der Waals surface area contributed by atoms with Crippen LogP contribution in [0.1, 0.15) is 33.8 Å². The van der Waals surface area contributed by atoms with Crippen LogP contribution in [-0.2, 0) is 9.53 Å². The van der Waals surface area contributed by atoms with Gasteiger partial charge in [-0.25, -0.2) is 0 Å². The number of methoxy groups -OCH3 is 1.